The van der Waals surface area contributed by atoms with Gasteiger partial charge < -0.3 is 0 Å². The summed E-state index contributed by atoms with van der Waals surface area (Å²) in [4.78, 5) is 0. The Morgan fingerprint density at radius 3 is 2.07 bits per heavy atom. The van der Waals surface area contributed by atoms with Crippen molar-refractivity contribution in [3.05, 3.63) is 139 Å². The zero-order chi connectivity index (χ0) is 29.2. The summed E-state index contributed by atoms with van der Waals surface area (Å²) in [6, 6.07) is 36.2. The van der Waals surface area contributed by atoms with Gasteiger partial charge in [0.05, 0.1) is 24.8 Å². The fourth-order valence-electron chi connectivity index (χ4n) is 7.52. The zero-order valence-electron chi connectivity index (χ0n) is 25.4. The second kappa shape index (κ2) is 10.0. The summed E-state index contributed by atoms with van der Waals surface area (Å²) >= 11 is 0. The first-order chi connectivity index (χ1) is 20.3. The molecule has 2 nitrogen and oxygen atoms in total. The highest BCUT2D eigenvalue weighted by molar-refractivity contribution is 6.89. The minimum Gasteiger partial charge on any atom is -0.191 e. The first kappa shape index (κ1) is 26.8. The smallest absolute Gasteiger partial charge is 0.191 e. The summed E-state index contributed by atoms with van der Waals surface area (Å²) in [5, 5.41) is 1.55. The van der Waals surface area contributed by atoms with E-state index in [4.69, 9.17) is 0 Å². The Hall–Kier alpha value is -4.08. The molecule has 208 valence electrons. The lowest BCUT2D eigenvalue weighted by atomic mass is 9.76. The van der Waals surface area contributed by atoms with Gasteiger partial charge in [-0.2, -0.15) is 9.13 Å². The van der Waals surface area contributed by atoms with Crippen molar-refractivity contribution in [2.24, 2.45) is 0 Å². The number of nitrogens with zero attached hydrogens (tertiary/aromatic N) is 2. The number of hydrogen-bond donors (Lipinski definition) is 0. The van der Waals surface area contributed by atoms with E-state index in [1.54, 1.807) is 5.19 Å². The Kier molecular flexibility index (Phi) is 6.40. The van der Waals surface area contributed by atoms with E-state index in [0.717, 1.165) is 0 Å². The number of rotatable bonds is 5. The molecule has 0 spiro atoms. The van der Waals surface area contributed by atoms with Crippen molar-refractivity contribution in [1.29, 1.82) is 0 Å². The van der Waals surface area contributed by atoms with Crippen LogP contribution in [0.4, 0.5) is 0 Å². The van der Waals surface area contributed by atoms with Crippen LogP contribution in [-0.2, 0) is 0 Å². The minimum atomic E-state index is -1.61. The van der Waals surface area contributed by atoms with E-state index in [2.05, 4.69) is 165 Å². The predicted molar refractivity (Wildman–Crippen MR) is 177 cm³/mol. The normalized spacial score (nSPS) is 18.7. The quantitative estimate of drug-likeness (QED) is 0.115. The third-order valence-electron chi connectivity index (χ3n) is 9.39. The Morgan fingerprint density at radius 2 is 1.38 bits per heavy atom. The maximum atomic E-state index is 4.49. The van der Waals surface area contributed by atoms with Crippen molar-refractivity contribution in [1.82, 2.24) is 0 Å². The fraction of sp³-hybridized carbons (Fsp3) is 0.231. The van der Waals surface area contributed by atoms with E-state index in [1.807, 2.05) is 0 Å². The Balaban J connectivity index is 1.51. The van der Waals surface area contributed by atoms with Crippen molar-refractivity contribution < 1.29 is 9.13 Å². The van der Waals surface area contributed by atoms with Crippen molar-refractivity contribution in [3.8, 4) is 33.6 Å². The van der Waals surface area contributed by atoms with Gasteiger partial charge >= 0.3 is 0 Å². The van der Waals surface area contributed by atoms with Crippen LogP contribution >= 0.6 is 0 Å². The van der Waals surface area contributed by atoms with Crippen LogP contribution in [0.25, 0.3) is 33.6 Å². The maximum Gasteiger partial charge on any atom is 0.221 e. The van der Waals surface area contributed by atoms with E-state index in [-0.39, 0.29) is 18.0 Å². The van der Waals surface area contributed by atoms with Crippen molar-refractivity contribution in [2.45, 2.75) is 57.4 Å². The van der Waals surface area contributed by atoms with Crippen LogP contribution < -0.4 is 14.3 Å². The van der Waals surface area contributed by atoms with Crippen molar-refractivity contribution >= 4 is 13.3 Å². The summed E-state index contributed by atoms with van der Waals surface area (Å²) in [7, 11) is -1.61. The molecule has 2 aliphatic rings. The van der Waals surface area contributed by atoms with Gasteiger partial charge in [0.25, 0.3) is 0 Å². The molecule has 3 aromatic carbocycles. The lowest BCUT2D eigenvalue weighted by molar-refractivity contribution is -0.738. The second-order valence-electron chi connectivity index (χ2n) is 13.3. The molecule has 3 atom stereocenters. The van der Waals surface area contributed by atoms with E-state index < -0.39 is 8.07 Å². The van der Waals surface area contributed by atoms with Crippen LogP contribution in [0, 0.1) is 0 Å². The SMILES string of the molecule is C=CC1C(C2c3ccccc3-c3c(-c4ccccc4)ccc[n+]32)c2ccccc2-c2cc(C(C)C)c([Si](C)(C)C)c[n+]21. The molecule has 0 saturated carbocycles. The zero-order valence-corrected chi connectivity index (χ0v) is 26.4. The van der Waals surface area contributed by atoms with Gasteiger partial charge in [0.2, 0.25) is 11.4 Å². The third-order valence-corrected chi connectivity index (χ3v) is 11.4. The molecule has 0 bridgehead atoms. The molecule has 3 heteroatoms. The molecule has 3 unspecified atom stereocenters. The van der Waals surface area contributed by atoms with Crippen LogP contribution in [0.3, 0.4) is 0 Å². The first-order valence-corrected chi connectivity index (χ1v) is 18.8. The monoisotopic (exact) mass is 564 g/mol. The number of aromatic nitrogens is 2. The number of allylic oxidation sites excluding steroid dienone is 1. The fourth-order valence-corrected chi connectivity index (χ4v) is 9.28. The highest BCUT2D eigenvalue weighted by Crippen LogP contribution is 2.50. The molecule has 5 aromatic rings. The highest BCUT2D eigenvalue weighted by Gasteiger charge is 2.52. The summed E-state index contributed by atoms with van der Waals surface area (Å²) in [5.41, 5.74) is 12.1. The van der Waals surface area contributed by atoms with Crippen LogP contribution in [-0.4, -0.2) is 8.07 Å². The molecule has 7 rings (SSSR count). The van der Waals surface area contributed by atoms with E-state index in [1.165, 1.54) is 50.3 Å². The van der Waals surface area contributed by atoms with Crippen LogP contribution in [0.2, 0.25) is 19.6 Å². The standard InChI is InChI=1S/C39H40N2Si/c1-7-34-37(30-19-12-11-18-29(30)35-24-33(26(2)3)36(25-41(34)35)42(4,5)6)39-32-21-14-13-20-31(32)38-28(22-15-23-40(38)39)27-16-9-8-10-17-27/h7-26,34,37,39H,1H2,2-6H3/q+2. The molecular formula is C39H40N2Si+2. The summed E-state index contributed by atoms with van der Waals surface area (Å²) < 4.78 is 5.13. The molecule has 0 aliphatic carbocycles. The second-order valence-corrected chi connectivity index (χ2v) is 18.3. The van der Waals surface area contributed by atoms with E-state index >= 15 is 0 Å². The van der Waals surface area contributed by atoms with Crippen LogP contribution in [0.1, 0.15) is 54.5 Å². The molecular weight excluding hydrogens is 525 g/mol. The van der Waals surface area contributed by atoms with Gasteiger partial charge in [0.15, 0.2) is 24.5 Å². The lowest BCUT2D eigenvalue weighted by Gasteiger charge is -2.32. The van der Waals surface area contributed by atoms with Crippen molar-refractivity contribution in [3.63, 3.8) is 0 Å². The minimum absolute atomic E-state index is 0.114. The molecule has 0 fully saturated rings. The third kappa shape index (κ3) is 4.06. The molecule has 4 heterocycles. The van der Waals surface area contributed by atoms with Crippen LogP contribution in [0.5, 0.6) is 0 Å². The molecule has 2 aliphatic heterocycles. The molecule has 0 N–H and O–H groups in total. The Labute approximate surface area is 251 Å². The Bertz CT molecular complexity index is 1830. The van der Waals surface area contributed by atoms with Gasteiger partial charge in [-0.3, -0.25) is 0 Å². The molecule has 2 aromatic heterocycles. The first-order valence-electron chi connectivity index (χ1n) is 15.3. The van der Waals surface area contributed by atoms with E-state index in [9.17, 15) is 0 Å². The molecule has 0 radical (unpaired) electrons. The van der Waals surface area contributed by atoms with E-state index in [0.29, 0.717) is 5.92 Å². The van der Waals surface area contributed by atoms with Gasteiger partial charge in [-0.05, 0) is 46.9 Å². The average Bonchev–Trinajstić information content (AvgIpc) is 3.34. The van der Waals surface area contributed by atoms with Gasteiger partial charge in [-0.1, -0.05) is 107 Å². The summed E-state index contributed by atoms with van der Waals surface area (Å²) in [6.07, 6.45) is 7.01. The summed E-state index contributed by atoms with van der Waals surface area (Å²) in [6.45, 7) is 16.6. The van der Waals surface area contributed by atoms with Crippen molar-refractivity contribution in [2.75, 3.05) is 0 Å². The largest absolute Gasteiger partial charge is 0.221 e. The number of benzene rings is 3. The molecule has 0 saturated heterocycles. The average molecular weight is 565 g/mol. The predicted octanol–water partition coefficient (Wildman–Crippen LogP) is 8.36. The molecule has 0 amide bonds. The topological polar surface area (TPSA) is 7.76 Å². The van der Waals surface area contributed by atoms with Gasteiger partial charge in [0.1, 0.15) is 5.92 Å². The highest BCUT2D eigenvalue weighted by atomic mass is 28.3. The van der Waals surface area contributed by atoms with Gasteiger partial charge in [-0.25, -0.2) is 0 Å². The maximum absolute atomic E-state index is 4.49. The lowest BCUT2D eigenvalue weighted by Crippen LogP contribution is -2.56. The number of hydrogen-bond acceptors (Lipinski definition) is 0. The molecule has 42 heavy (non-hydrogen) atoms. The number of fused-ring (bicyclic) bond motifs is 6. The van der Waals surface area contributed by atoms with Gasteiger partial charge in [0, 0.05) is 22.9 Å². The van der Waals surface area contributed by atoms with Gasteiger partial charge in [-0.15, -0.1) is 0 Å². The summed E-state index contributed by atoms with van der Waals surface area (Å²) in [5.74, 6) is 0.666. The Morgan fingerprint density at radius 1 is 0.738 bits per heavy atom. The van der Waals surface area contributed by atoms with Crippen LogP contribution in [0.15, 0.2) is 122 Å². The number of pyridine rings is 2.